The van der Waals surface area contributed by atoms with Gasteiger partial charge in [-0.15, -0.1) is 0 Å². The summed E-state index contributed by atoms with van der Waals surface area (Å²) >= 11 is 0. The van der Waals surface area contributed by atoms with E-state index in [0.717, 1.165) is 12.5 Å². The second-order valence-electron chi connectivity index (χ2n) is 5.70. The summed E-state index contributed by atoms with van der Waals surface area (Å²) in [6.07, 6.45) is 6.96. The Labute approximate surface area is 111 Å². The lowest BCUT2D eigenvalue weighted by Gasteiger charge is -2.22. The molecule has 0 aliphatic heterocycles. The lowest BCUT2D eigenvalue weighted by molar-refractivity contribution is 0.398. The fraction of sp³-hybridized carbons (Fsp3) is 0.800. The molecule has 0 radical (unpaired) electrons. The van der Waals surface area contributed by atoms with E-state index < -0.39 is 0 Å². The molecule has 1 atom stereocenters. The van der Waals surface area contributed by atoms with Crippen molar-refractivity contribution in [2.45, 2.75) is 58.9 Å². The molecule has 1 aliphatic carbocycles. The predicted molar refractivity (Wildman–Crippen MR) is 75.7 cm³/mol. The number of aryl methyl sites for hydroxylation is 2. The summed E-state index contributed by atoms with van der Waals surface area (Å²) in [5, 5.41) is 8.23. The van der Waals surface area contributed by atoms with Crippen LogP contribution in [0.1, 0.15) is 62.0 Å². The zero-order valence-electron chi connectivity index (χ0n) is 12.3. The highest BCUT2D eigenvalue weighted by Crippen LogP contribution is 2.34. The molecule has 102 valence electrons. The van der Waals surface area contributed by atoms with E-state index in [1.54, 1.807) is 0 Å². The van der Waals surface area contributed by atoms with Gasteiger partial charge in [0.25, 0.3) is 0 Å². The van der Waals surface area contributed by atoms with E-state index >= 15 is 0 Å². The van der Waals surface area contributed by atoms with Crippen molar-refractivity contribution in [3.63, 3.8) is 0 Å². The second kappa shape index (κ2) is 5.87. The molecule has 0 amide bonds. The maximum absolute atomic E-state index is 4.56. The van der Waals surface area contributed by atoms with Crippen LogP contribution in [-0.2, 0) is 7.05 Å². The van der Waals surface area contributed by atoms with Crippen LogP contribution >= 0.6 is 0 Å². The van der Waals surface area contributed by atoms with Gasteiger partial charge in [-0.1, -0.05) is 32.6 Å². The number of hydrogen-bond acceptors (Lipinski definition) is 2. The molecule has 0 saturated heterocycles. The van der Waals surface area contributed by atoms with Crippen LogP contribution in [0.25, 0.3) is 0 Å². The summed E-state index contributed by atoms with van der Waals surface area (Å²) in [6, 6.07) is 0.492. The fourth-order valence-electron chi connectivity index (χ4n) is 3.42. The number of hydrogen-bond donors (Lipinski definition) is 1. The summed E-state index contributed by atoms with van der Waals surface area (Å²) in [5.41, 5.74) is 3.95. The standard InChI is InChI=1S/C15H27N3/c1-5-16-14(10-13-8-6-7-9-13)15-11(2)17-18(4)12(15)3/h13-14,16H,5-10H2,1-4H3. The van der Waals surface area contributed by atoms with E-state index in [1.807, 2.05) is 11.7 Å². The molecule has 0 aromatic carbocycles. The average molecular weight is 249 g/mol. The molecule has 1 aromatic rings. The van der Waals surface area contributed by atoms with E-state index in [9.17, 15) is 0 Å². The summed E-state index contributed by atoms with van der Waals surface area (Å²) < 4.78 is 2.02. The molecule has 18 heavy (non-hydrogen) atoms. The van der Waals surface area contributed by atoms with Crippen molar-refractivity contribution in [1.29, 1.82) is 0 Å². The zero-order valence-corrected chi connectivity index (χ0v) is 12.3. The van der Waals surface area contributed by atoms with Gasteiger partial charge in [0.05, 0.1) is 5.69 Å². The van der Waals surface area contributed by atoms with E-state index in [2.05, 4.69) is 31.2 Å². The maximum atomic E-state index is 4.56. The number of aromatic nitrogens is 2. The van der Waals surface area contributed by atoms with E-state index in [1.165, 1.54) is 49.1 Å². The predicted octanol–water partition coefficient (Wildman–Crippen LogP) is 3.27. The Kier molecular flexibility index (Phi) is 4.44. The molecule has 1 aliphatic rings. The highest BCUT2D eigenvalue weighted by molar-refractivity contribution is 5.28. The normalized spacial score (nSPS) is 18.4. The van der Waals surface area contributed by atoms with Crippen LogP contribution in [0.4, 0.5) is 0 Å². The minimum Gasteiger partial charge on any atom is -0.310 e. The summed E-state index contributed by atoms with van der Waals surface area (Å²) in [5.74, 6) is 0.910. The molecule has 1 fully saturated rings. The summed E-state index contributed by atoms with van der Waals surface area (Å²) in [7, 11) is 2.05. The van der Waals surface area contributed by atoms with Crippen molar-refractivity contribution in [2.24, 2.45) is 13.0 Å². The van der Waals surface area contributed by atoms with Gasteiger partial charge in [0.1, 0.15) is 0 Å². The first-order chi connectivity index (χ1) is 8.63. The number of nitrogens with zero attached hydrogens (tertiary/aromatic N) is 2. The Hall–Kier alpha value is -0.830. The number of nitrogens with one attached hydrogen (secondary N) is 1. The summed E-state index contributed by atoms with van der Waals surface area (Å²) in [6.45, 7) is 7.56. The van der Waals surface area contributed by atoms with Crippen molar-refractivity contribution in [1.82, 2.24) is 15.1 Å². The molecular weight excluding hydrogens is 222 g/mol. The molecule has 1 heterocycles. The van der Waals surface area contributed by atoms with Gasteiger partial charge in [0.15, 0.2) is 0 Å². The molecule has 1 saturated carbocycles. The molecule has 1 unspecified atom stereocenters. The van der Waals surface area contributed by atoms with Gasteiger partial charge in [-0.05, 0) is 32.7 Å². The van der Waals surface area contributed by atoms with Gasteiger partial charge in [0.2, 0.25) is 0 Å². The lowest BCUT2D eigenvalue weighted by atomic mass is 9.92. The Morgan fingerprint density at radius 2 is 2.00 bits per heavy atom. The third-order valence-electron chi connectivity index (χ3n) is 4.41. The molecule has 0 bridgehead atoms. The Morgan fingerprint density at radius 1 is 1.33 bits per heavy atom. The number of rotatable bonds is 5. The first kappa shape index (κ1) is 13.6. The monoisotopic (exact) mass is 249 g/mol. The maximum Gasteiger partial charge on any atom is 0.0644 e. The largest absolute Gasteiger partial charge is 0.310 e. The summed E-state index contributed by atoms with van der Waals surface area (Å²) in [4.78, 5) is 0. The Morgan fingerprint density at radius 3 is 2.50 bits per heavy atom. The van der Waals surface area contributed by atoms with Gasteiger partial charge in [-0.3, -0.25) is 4.68 Å². The molecule has 1 N–H and O–H groups in total. The quantitative estimate of drug-likeness (QED) is 0.868. The minimum atomic E-state index is 0.492. The molecular formula is C15H27N3. The SMILES string of the molecule is CCNC(CC1CCCC1)c1c(C)nn(C)c1C. The van der Waals surface area contributed by atoms with Gasteiger partial charge in [-0.2, -0.15) is 5.10 Å². The van der Waals surface area contributed by atoms with E-state index in [4.69, 9.17) is 0 Å². The van der Waals surface area contributed by atoms with Crippen LogP contribution in [0.5, 0.6) is 0 Å². The molecule has 2 rings (SSSR count). The van der Waals surface area contributed by atoms with Crippen LogP contribution in [0.2, 0.25) is 0 Å². The third kappa shape index (κ3) is 2.77. The first-order valence-corrected chi connectivity index (χ1v) is 7.37. The first-order valence-electron chi connectivity index (χ1n) is 7.37. The van der Waals surface area contributed by atoms with Gasteiger partial charge in [-0.25, -0.2) is 0 Å². The van der Waals surface area contributed by atoms with Crippen molar-refractivity contribution < 1.29 is 0 Å². The van der Waals surface area contributed by atoms with Crippen molar-refractivity contribution in [3.05, 3.63) is 17.0 Å². The molecule has 0 spiro atoms. The van der Waals surface area contributed by atoms with Crippen molar-refractivity contribution in [2.75, 3.05) is 6.54 Å². The molecule has 3 nitrogen and oxygen atoms in total. The zero-order chi connectivity index (χ0) is 13.1. The van der Waals surface area contributed by atoms with Crippen LogP contribution in [0, 0.1) is 19.8 Å². The van der Waals surface area contributed by atoms with Gasteiger partial charge in [0, 0.05) is 24.3 Å². The smallest absolute Gasteiger partial charge is 0.0644 e. The highest BCUT2D eigenvalue weighted by atomic mass is 15.3. The van der Waals surface area contributed by atoms with Crippen molar-refractivity contribution >= 4 is 0 Å². The highest BCUT2D eigenvalue weighted by Gasteiger charge is 2.24. The Bertz CT molecular complexity index is 389. The topological polar surface area (TPSA) is 29.9 Å². The van der Waals surface area contributed by atoms with Gasteiger partial charge >= 0.3 is 0 Å². The minimum absolute atomic E-state index is 0.492. The average Bonchev–Trinajstić information content (AvgIpc) is 2.89. The third-order valence-corrected chi connectivity index (χ3v) is 4.41. The van der Waals surface area contributed by atoms with Crippen LogP contribution in [0.15, 0.2) is 0 Å². The van der Waals surface area contributed by atoms with Gasteiger partial charge < -0.3 is 5.32 Å². The van der Waals surface area contributed by atoms with Crippen LogP contribution in [0.3, 0.4) is 0 Å². The fourth-order valence-corrected chi connectivity index (χ4v) is 3.42. The van der Waals surface area contributed by atoms with Crippen LogP contribution < -0.4 is 5.32 Å². The molecule has 3 heteroatoms. The Balaban J connectivity index is 2.17. The van der Waals surface area contributed by atoms with Crippen LogP contribution in [-0.4, -0.2) is 16.3 Å². The second-order valence-corrected chi connectivity index (χ2v) is 5.70. The van der Waals surface area contributed by atoms with Crippen molar-refractivity contribution in [3.8, 4) is 0 Å². The lowest BCUT2D eigenvalue weighted by Crippen LogP contribution is -2.24. The van der Waals surface area contributed by atoms with E-state index in [-0.39, 0.29) is 0 Å². The molecule has 1 aromatic heterocycles. The van der Waals surface area contributed by atoms with E-state index in [0.29, 0.717) is 6.04 Å².